The van der Waals surface area contributed by atoms with Crippen molar-refractivity contribution in [1.82, 2.24) is 19.8 Å². The van der Waals surface area contributed by atoms with E-state index in [0.717, 1.165) is 76.6 Å². The summed E-state index contributed by atoms with van der Waals surface area (Å²) < 4.78 is 25.4. The topological polar surface area (TPSA) is 83.1 Å². The van der Waals surface area contributed by atoms with E-state index in [1.807, 2.05) is 45.9 Å². The molecular weight excluding hydrogens is 631 g/mol. The molecule has 0 unspecified atom stereocenters. The fourth-order valence-corrected chi connectivity index (χ4v) is 6.78. The van der Waals surface area contributed by atoms with Gasteiger partial charge < -0.3 is 29.5 Å². The van der Waals surface area contributed by atoms with E-state index >= 15 is 0 Å². The monoisotopic (exact) mass is 680 g/mol. The number of rotatable bonds is 7. The van der Waals surface area contributed by atoms with Crippen molar-refractivity contribution < 1.29 is 18.7 Å². The van der Waals surface area contributed by atoms with Gasteiger partial charge in [0.2, 0.25) is 0 Å². The summed E-state index contributed by atoms with van der Waals surface area (Å²) in [6, 6.07) is 19.4. The van der Waals surface area contributed by atoms with Crippen molar-refractivity contribution in [3.63, 3.8) is 0 Å². The number of nitrogens with zero attached hydrogens (tertiary/aromatic N) is 5. The van der Waals surface area contributed by atoms with Gasteiger partial charge >= 0.3 is 6.09 Å². The fourth-order valence-electron chi connectivity index (χ4n) is 6.78. The van der Waals surface area contributed by atoms with Gasteiger partial charge in [-0.2, -0.15) is 0 Å². The number of amides is 1. The van der Waals surface area contributed by atoms with Gasteiger partial charge in [-0.05, 0) is 95.0 Å². The summed E-state index contributed by atoms with van der Waals surface area (Å²) in [7, 11) is 3.86. The summed E-state index contributed by atoms with van der Waals surface area (Å²) in [5.41, 5.74) is 6.80. The number of halogens is 1. The Morgan fingerprint density at radius 1 is 0.900 bits per heavy atom. The summed E-state index contributed by atoms with van der Waals surface area (Å²) in [5, 5.41) is 4.63. The quantitative estimate of drug-likeness (QED) is 0.212. The van der Waals surface area contributed by atoms with Crippen LogP contribution in [0.4, 0.5) is 20.7 Å². The molecule has 0 aliphatic carbocycles. The highest BCUT2D eigenvalue weighted by Crippen LogP contribution is 2.37. The van der Waals surface area contributed by atoms with Crippen LogP contribution in [0.2, 0.25) is 0 Å². The molecule has 0 spiro atoms. The van der Waals surface area contributed by atoms with Crippen molar-refractivity contribution in [3.8, 4) is 5.75 Å². The number of aryl methyl sites for hydroxylation is 1. The van der Waals surface area contributed by atoms with E-state index in [9.17, 15) is 9.18 Å². The molecule has 0 saturated carbocycles. The molecule has 1 amide bonds. The second-order valence-corrected chi connectivity index (χ2v) is 14.4. The van der Waals surface area contributed by atoms with Gasteiger partial charge in [-0.15, -0.1) is 0 Å². The number of anilines is 2. The van der Waals surface area contributed by atoms with Crippen LogP contribution in [0.5, 0.6) is 5.75 Å². The third-order valence-corrected chi connectivity index (χ3v) is 9.51. The van der Waals surface area contributed by atoms with E-state index in [0.29, 0.717) is 31.8 Å². The standard InChI is InChI=1S/C40H49FN6O3/c1-26(42-38-33-24-35(46-22-20-45(6)21-23-46)36(49-7)25-34(33)43-27(2)44-38)28-8-10-29(11-9-28)37(30-12-14-32(41)15-13-30)31-16-18-47(19-17-31)39(48)50-40(3,4)5/h8-15,24-26H,16-23H2,1-7H3,(H,42,43,44)/t26-/m1/s1. The fraction of sp³-hybridized carbons (Fsp3) is 0.425. The van der Waals surface area contributed by atoms with Crippen LogP contribution in [-0.4, -0.2) is 84.9 Å². The number of hydrogen-bond donors (Lipinski definition) is 1. The Hall–Kier alpha value is -4.70. The van der Waals surface area contributed by atoms with Gasteiger partial charge in [-0.3, -0.25) is 0 Å². The second-order valence-electron chi connectivity index (χ2n) is 14.4. The van der Waals surface area contributed by atoms with Crippen molar-refractivity contribution >= 4 is 34.1 Å². The van der Waals surface area contributed by atoms with Crippen LogP contribution in [0.25, 0.3) is 16.5 Å². The summed E-state index contributed by atoms with van der Waals surface area (Å²) in [6.07, 6.45) is 1.14. The largest absolute Gasteiger partial charge is 0.495 e. The molecule has 10 heteroatoms. The van der Waals surface area contributed by atoms with Gasteiger partial charge in [0, 0.05) is 56.8 Å². The van der Waals surface area contributed by atoms with Gasteiger partial charge in [0.15, 0.2) is 0 Å². The summed E-state index contributed by atoms with van der Waals surface area (Å²) in [6.45, 7) is 14.7. The molecule has 9 nitrogen and oxygen atoms in total. The normalized spacial score (nSPS) is 16.4. The van der Waals surface area contributed by atoms with Crippen molar-refractivity contribution in [2.24, 2.45) is 0 Å². The number of likely N-dealkylation sites (N-methyl/N-ethyl adjacent to an activating group) is 1. The lowest BCUT2D eigenvalue weighted by Gasteiger charge is -2.35. The maximum Gasteiger partial charge on any atom is 0.410 e. The highest BCUT2D eigenvalue weighted by molar-refractivity contribution is 5.94. The third-order valence-electron chi connectivity index (χ3n) is 9.51. The smallest absolute Gasteiger partial charge is 0.410 e. The van der Waals surface area contributed by atoms with E-state index in [2.05, 4.69) is 59.4 Å². The molecular formula is C40H49FN6O3. The average Bonchev–Trinajstić information content (AvgIpc) is 3.09. The van der Waals surface area contributed by atoms with Crippen LogP contribution < -0.4 is 15.0 Å². The summed E-state index contributed by atoms with van der Waals surface area (Å²) in [5.74, 6) is 2.02. The number of fused-ring (bicyclic) bond motifs is 1. The molecule has 3 aromatic carbocycles. The van der Waals surface area contributed by atoms with E-state index in [4.69, 9.17) is 19.4 Å². The van der Waals surface area contributed by atoms with Gasteiger partial charge in [0.1, 0.15) is 28.8 Å². The molecule has 4 aromatic rings. The number of piperazine rings is 1. The Kier molecular flexibility index (Phi) is 10.3. The van der Waals surface area contributed by atoms with E-state index in [1.54, 1.807) is 12.0 Å². The minimum atomic E-state index is -0.541. The third kappa shape index (κ3) is 8.02. The lowest BCUT2D eigenvalue weighted by atomic mass is 9.88. The minimum absolute atomic E-state index is 0.0465. The Bertz CT molecular complexity index is 1850. The number of ether oxygens (including phenoxy) is 2. The Morgan fingerprint density at radius 2 is 1.52 bits per heavy atom. The van der Waals surface area contributed by atoms with Gasteiger partial charge in [0.25, 0.3) is 0 Å². The molecule has 2 aliphatic heterocycles. The number of carbonyl (C=O) groups excluding carboxylic acids is 1. The van der Waals surface area contributed by atoms with Crippen molar-refractivity contribution in [3.05, 3.63) is 94.6 Å². The van der Waals surface area contributed by atoms with Crippen LogP contribution >= 0.6 is 0 Å². The second kappa shape index (κ2) is 14.6. The number of hydrogen-bond acceptors (Lipinski definition) is 8. The Balaban J connectivity index is 1.26. The molecule has 2 aliphatic rings. The zero-order valence-electron chi connectivity index (χ0n) is 30.3. The first-order valence-corrected chi connectivity index (χ1v) is 17.5. The van der Waals surface area contributed by atoms with Gasteiger partial charge in [-0.25, -0.2) is 19.2 Å². The molecule has 2 fully saturated rings. The van der Waals surface area contributed by atoms with Crippen LogP contribution in [0.3, 0.4) is 0 Å². The number of piperidine rings is 1. The van der Waals surface area contributed by atoms with Crippen molar-refractivity contribution in [2.45, 2.75) is 59.1 Å². The number of aromatic nitrogens is 2. The first-order chi connectivity index (χ1) is 23.9. The SMILES string of the molecule is COc1cc2nc(C)nc(N[C@H](C)c3ccc(C(=C4CCN(C(=O)OC(C)(C)C)CC4)c4ccc(F)cc4)cc3)c2cc1N1CCN(C)CC1. The highest BCUT2D eigenvalue weighted by Gasteiger charge is 2.27. The molecule has 50 heavy (non-hydrogen) atoms. The maximum absolute atomic E-state index is 14.0. The molecule has 2 saturated heterocycles. The summed E-state index contributed by atoms with van der Waals surface area (Å²) in [4.78, 5) is 28.8. The highest BCUT2D eigenvalue weighted by atomic mass is 19.1. The van der Waals surface area contributed by atoms with Gasteiger partial charge in [0.05, 0.1) is 18.3 Å². The van der Waals surface area contributed by atoms with Gasteiger partial charge in [-0.1, -0.05) is 42.0 Å². The van der Waals surface area contributed by atoms with Crippen molar-refractivity contribution in [2.75, 3.05) is 63.6 Å². The number of benzene rings is 3. The van der Waals surface area contributed by atoms with E-state index in [-0.39, 0.29) is 18.0 Å². The van der Waals surface area contributed by atoms with Crippen LogP contribution in [0.1, 0.15) is 69.1 Å². The predicted octanol–water partition coefficient (Wildman–Crippen LogP) is 7.84. The van der Waals surface area contributed by atoms with E-state index < -0.39 is 5.60 Å². The molecule has 3 heterocycles. The number of methoxy groups -OCH3 is 1. The molecule has 1 atom stereocenters. The van der Waals surface area contributed by atoms with Crippen LogP contribution in [-0.2, 0) is 4.74 Å². The molecule has 0 radical (unpaired) electrons. The molecule has 6 rings (SSSR count). The predicted molar refractivity (Wildman–Crippen MR) is 198 cm³/mol. The lowest BCUT2D eigenvalue weighted by Crippen LogP contribution is -2.44. The summed E-state index contributed by atoms with van der Waals surface area (Å²) >= 11 is 0. The van der Waals surface area contributed by atoms with Crippen molar-refractivity contribution in [1.29, 1.82) is 0 Å². The van der Waals surface area contributed by atoms with Crippen LogP contribution in [0.15, 0.2) is 66.2 Å². The first-order valence-electron chi connectivity index (χ1n) is 17.5. The van der Waals surface area contributed by atoms with Crippen LogP contribution in [0, 0.1) is 12.7 Å². The maximum atomic E-state index is 14.0. The minimum Gasteiger partial charge on any atom is -0.495 e. The zero-order valence-corrected chi connectivity index (χ0v) is 30.3. The molecule has 264 valence electrons. The van der Waals surface area contributed by atoms with E-state index in [1.165, 1.54) is 17.7 Å². The number of carbonyl (C=O) groups is 1. The first kappa shape index (κ1) is 35.1. The zero-order chi connectivity index (χ0) is 35.6. The molecule has 1 aromatic heterocycles. The average molecular weight is 681 g/mol. The number of nitrogens with one attached hydrogen (secondary N) is 1. The Labute approximate surface area is 295 Å². The molecule has 1 N–H and O–H groups in total. The number of likely N-dealkylation sites (tertiary alicyclic amines) is 1. The lowest BCUT2D eigenvalue weighted by molar-refractivity contribution is 0.0236. The Morgan fingerprint density at radius 3 is 2.12 bits per heavy atom. The molecule has 0 bridgehead atoms.